The summed E-state index contributed by atoms with van der Waals surface area (Å²) < 4.78 is 12.5. The number of pyridine rings is 1. The number of hydrogen-bond acceptors (Lipinski definition) is 6. The van der Waals surface area contributed by atoms with Gasteiger partial charge in [-0.2, -0.15) is 10.2 Å². The Bertz CT molecular complexity index is 1240. The van der Waals surface area contributed by atoms with Crippen molar-refractivity contribution in [2.24, 2.45) is 0 Å². The van der Waals surface area contributed by atoms with Crippen LogP contribution in [0.2, 0.25) is 0 Å². The van der Waals surface area contributed by atoms with E-state index in [9.17, 15) is 14.9 Å². The van der Waals surface area contributed by atoms with E-state index in [-0.39, 0.29) is 17.0 Å². The third-order valence-corrected chi connectivity index (χ3v) is 4.89. The molecule has 1 amide bonds. The van der Waals surface area contributed by atoms with Gasteiger partial charge < -0.3 is 14.8 Å². The molecule has 170 valence electrons. The van der Waals surface area contributed by atoms with E-state index < -0.39 is 11.5 Å². The molecule has 2 heterocycles. The molecule has 0 atom stereocenters. The molecule has 0 aliphatic rings. The molecule has 0 aliphatic heterocycles. The van der Waals surface area contributed by atoms with Gasteiger partial charge >= 0.3 is 0 Å². The Balaban J connectivity index is 1.97. The van der Waals surface area contributed by atoms with Crippen molar-refractivity contribution < 1.29 is 14.3 Å². The molecule has 0 saturated heterocycles. The predicted octanol–water partition coefficient (Wildman–Crippen LogP) is 3.50. The molecule has 0 saturated carbocycles. The van der Waals surface area contributed by atoms with Gasteiger partial charge in [-0.05, 0) is 55.7 Å². The summed E-state index contributed by atoms with van der Waals surface area (Å²) in [6.45, 7) is 5.39. The highest BCUT2D eigenvalue weighted by Crippen LogP contribution is 2.24. The van der Waals surface area contributed by atoms with Gasteiger partial charge in [-0.25, -0.2) is 0 Å². The second-order valence-electron chi connectivity index (χ2n) is 7.14. The van der Waals surface area contributed by atoms with E-state index in [1.807, 2.05) is 25.1 Å². The molecule has 3 aromatic rings. The molecule has 1 N–H and O–H groups in total. The summed E-state index contributed by atoms with van der Waals surface area (Å²) in [5.74, 6) is -0.0648. The highest BCUT2D eigenvalue weighted by molar-refractivity contribution is 6.01. The van der Waals surface area contributed by atoms with Crippen molar-refractivity contribution in [2.75, 3.05) is 19.8 Å². The van der Waals surface area contributed by atoms with Gasteiger partial charge in [0.15, 0.2) is 0 Å². The first-order valence-corrected chi connectivity index (χ1v) is 10.8. The van der Waals surface area contributed by atoms with Crippen LogP contribution in [0.4, 0.5) is 0 Å². The minimum Gasteiger partial charge on any atom is -0.438 e. The van der Waals surface area contributed by atoms with Crippen LogP contribution < -0.4 is 15.6 Å². The van der Waals surface area contributed by atoms with E-state index in [0.717, 1.165) is 12.0 Å². The number of rotatable bonds is 10. The number of carbonyl (C=O) groups is 1. The lowest BCUT2D eigenvalue weighted by Crippen LogP contribution is -2.27. The maximum Gasteiger partial charge on any atom is 0.269 e. The summed E-state index contributed by atoms with van der Waals surface area (Å²) in [5, 5.41) is 12.2. The fourth-order valence-electron chi connectivity index (χ4n) is 3.10. The number of nitriles is 1. The maximum absolute atomic E-state index is 13.2. The van der Waals surface area contributed by atoms with Crippen molar-refractivity contribution in [1.82, 2.24) is 14.7 Å². The molecule has 8 heteroatoms. The number of nitrogens with one attached hydrogen (secondary N) is 1. The number of aromatic nitrogens is 2. The predicted molar refractivity (Wildman–Crippen MR) is 125 cm³/mol. The first kappa shape index (κ1) is 23.7. The van der Waals surface area contributed by atoms with Gasteiger partial charge in [-0.15, -0.1) is 0 Å². The zero-order valence-corrected chi connectivity index (χ0v) is 18.7. The Hall–Kier alpha value is -3.96. The number of carbonyl (C=O) groups excluding carboxylic acids is 1. The molecule has 0 unspecified atom stereocenters. The van der Waals surface area contributed by atoms with Gasteiger partial charge in [0.25, 0.3) is 11.5 Å². The quantitative estimate of drug-likeness (QED) is 0.290. The SMILES string of the molecule is CCOCCCNC(=O)/C(C#N)=C/c1c(Oc2ccc(CC)cc2)nc2ccccn2c1=O. The van der Waals surface area contributed by atoms with E-state index in [1.54, 1.807) is 36.5 Å². The van der Waals surface area contributed by atoms with Crippen molar-refractivity contribution in [3.63, 3.8) is 0 Å². The number of benzene rings is 1. The smallest absolute Gasteiger partial charge is 0.269 e. The Morgan fingerprint density at radius 3 is 2.70 bits per heavy atom. The number of aryl methyl sites for hydroxylation is 1. The third-order valence-electron chi connectivity index (χ3n) is 4.89. The van der Waals surface area contributed by atoms with Crippen LogP contribution in [0.1, 0.15) is 31.4 Å². The van der Waals surface area contributed by atoms with Crippen LogP contribution in [0.3, 0.4) is 0 Å². The number of ether oxygens (including phenoxy) is 2. The molecule has 0 radical (unpaired) electrons. The lowest BCUT2D eigenvalue weighted by molar-refractivity contribution is -0.117. The van der Waals surface area contributed by atoms with Crippen LogP contribution >= 0.6 is 0 Å². The lowest BCUT2D eigenvalue weighted by Gasteiger charge is -2.11. The highest BCUT2D eigenvalue weighted by atomic mass is 16.5. The van der Waals surface area contributed by atoms with Crippen LogP contribution in [0, 0.1) is 11.3 Å². The first-order valence-electron chi connectivity index (χ1n) is 10.8. The van der Waals surface area contributed by atoms with Crippen LogP contribution in [-0.2, 0) is 16.0 Å². The van der Waals surface area contributed by atoms with E-state index in [2.05, 4.69) is 17.2 Å². The number of nitrogens with zero attached hydrogens (tertiary/aromatic N) is 3. The maximum atomic E-state index is 13.2. The molecular formula is C25H26N4O4. The van der Waals surface area contributed by atoms with Crippen LogP contribution in [0.15, 0.2) is 59.0 Å². The Kier molecular flexibility index (Phi) is 8.33. The molecule has 0 aliphatic carbocycles. The van der Waals surface area contributed by atoms with Gasteiger partial charge in [0, 0.05) is 26.0 Å². The van der Waals surface area contributed by atoms with Crippen LogP contribution in [0.5, 0.6) is 11.6 Å². The molecule has 0 spiro atoms. The molecule has 8 nitrogen and oxygen atoms in total. The van der Waals surface area contributed by atoms with Crippen LogP contribution in [0.25, 0.3) is 11.7 Å². The van der Waals surface area contributed by atoms with E-state index in [0.29, 0.717) is 37.6 Å². The second kappa shape index (κ2) is 11.6. The molecule has 1 aromatic carbocycles. The molecule has 2 aromatic heterocycles. The van der Waals surface area contributed by atoms with Gasteiger partial charge in [0.2, 0.25) is 5.88 Å². The molecule has 0 fully saturated rings. The average molecular weight is 447 g/mol. The Morgan fingerprint density at radius 2 is 2.00 bits per heavy atom. The fraction of sp³-hybridized carbons (Fsp3) is 0.280. The number of hydrogen-bond donors (Lipinski definition) is 1. The van der Waals surface area contributed by atoms with Gasteiger partial charge in [0.05, 0.1) is 0 Å². The van der Waals surface area contributed by atoms with Gasteiger partial charge in [-0.1, -0.05) is 25.1 Å². The zero-order chi connectivity index (χ0) is 23.6. The Morgan fingerprint density at radius 1 is 1.21 bits per heavy atom. The van der Waals surface area contributed by atoms with Gasteiger partial charge in [0.1, 0.15) is 28.6 Å². The van der Waals surface area contributed by atoms with E-state index in [4.69, 9.17) is 9.47 Å². The standard InChI is InChI=1S/C25H26N4O4/c1-3-18-9-11-20(12-10-18)33-24-21(25(31)29-14-6-5-8-22(29)28-24)16-19(17-26)23(30)27-13-7-15-32-4-2/h5-6,8-12,14,16H,3-4,7,13,15H2,1-2H3,(H,27,30)/b19-16+. The van der Waals surface area contributed by atoms with Crippen molar-refractivity contribution in [3.05, 3.63) is 75.7 Å². The third kappa shape index (κ3) is 6.05. The number of amides is 1. The first-order chi connectivity index (χ1) is 16.1. The fourth-order valence-corrected chi connectivity index (χ4v) is 3.10. The lowest BCUT2D eigenvalue weighted by atomic mass is 10.1. The summed E-state index contributed by atoms with van der Waals surface area (Å²) in [6.07, 6.45) is 4.29. The summed E-state index contributed by atoms with van der Waals surface area (Å²) in [4.78, 5) is 30.2. The summed E-state index contributed by atoms with van der Waals surface area (Å²) in [5.41, 5.74) is 0.879. The normalized spacial score (nSPS) is 11.2. The minimum absolute atomic E-state index is 0.0132. The second-order valence-corrected chi connectivity index (χ2v) is 7.14. The molecule has 3 rings (SSSR count). The zero-order valence-electron chi connectivity index (χ0n) is 18.7. The molecule has 33 heavy (non-hydrogen) atoms. The Labute approximate surface area is 192 Å². The summed E-state index contributed by atoms with van der Waals surface area (Å²) in [6, 6.07) is 14.4. The summed E-state index contributed by atoms with van der Waals surface area (Å²) in [7, 11) is 0. The molecule has 0 bridgehead atoms. The highest BCUT2D eigenvalue weighted by Gasteiger charge is 2.17. The van der Waals surface area contributed by atoms with Crippen molar-refractivity contribution in [2.45, 2.75) is 26.7 Å². The average Bonchev–Trinajstić information content (AvgIpc) is 2.84. The van der Waals surface area contributed by atoms with Gasteiger partial charge in [-0.3, -0.25) is 14.0 Å². The van der Waals surface area contributed by atoms with Crippen molar-refractivity contribution in [3.8, 4) is 17.7 Å². The van der Waals surface area contributed by atoms with Crippen LogP contribution in [-0.4, -0.2) is 35.1 Å². The largest absolute Gasteiger partial charge is 0.438 e. The van der Waals surface area contributed by atoms with E-state index >= 15 is 0 Å². The monoisotopic (exact) mass is 446 g/mol. The summed E-state index contributed by atoms with van der Waals surface area (Å²) >= 11 is 0. The van der Waals surface area contributed by atoms with Crippen molar-refractivity contribution in [1.29, 1.82) is 5.26 Å². The number of fused-ring (bicyclic) bond motifs is 1. The topological polar surface area (TPSA) is 106 Å². The van der Waals surface area contributed by atoms with Crippen molar-refractivity contribution >= 4 is 17.6 Å². The molecular weight excluding hydrogens is 420 g/mol. The minimum atomic E-state index is -0.579. The van der Waals surface area contributed by atoms with E-state index in [1.165, 1.54) is 10.5 Å².